The van der Waals surface area contributed by atoms with Gasteiger partial charge in [-0.15, -0.1) is 0 Å². The molecule has 0 rings (SSSR count). The molecule has 0 aromatic rings. The number of urea groups is 6. The van der Waals surface area contributed by atoms with Gasteiger partial charge in [-0.3, -0.25) is 14.4 Å². The van der Waals surface area contributed by atoms with Crippen molar-refractivity contribution in [2.45, 2.75) is 18.5 Å². The third kappa shape index (κ3) is 13.8. The number of nitrogens with one attached hydrogen (secondary N) is 6. The van der Waals surface area contributed by atoms with E-state index in [1.807, 2.05) is 0 Å². The number of hydrogen-bond acceptors (Lipinski definition) is 12. The summed E-state index contributed by atoms with van der Waals surface area (Å²) in [5.74, 6) is -5.08. The van der Waals surface area contributed by atoms with Crippen LogP contribution in [0.1, 0.15) is 0 Å². The fourth-order valence-corrected chi connectivity index (χ4v) is 3.00. The molecule has 25 heteroatoms. The second kappa shape index (κ2) is 14.7. The van der Waals surface area contributed by atoms with E-state index in [9.17, 15) is 43.2 Å². The molecule has 0 radical (unpaired) electrons. The molecule has 0 bridgehead atoms. The second-order valence-electron chi connectivity index (χ2n) is 5.95. The largest absolute Gasteiger partial charge is 1.20 e. The summed E-state index contributed by atoms with van der Waals surface area (Å²) in [4.78, 5) is 104. The highest BCUT2D eigenvalue weighted by atomic mass is 27.3. The Morgan fingerprint density at radius 3 is 0.703 bits per heavy atom. The molecule has 0 aliphatic heterocycles. The summed E-state index contributed by atoms with van der Waals surface area (Å²) in [6, 6.07) is -8.36. The van der Waals surface area contributed by atoms with Crippen molar-refractivity contribution in [3.05, 3.63) is 0 Å². The lowest BCUT2D eigenvalue weighted by Gasteiger charge is -2.23. The van der Waals surface area contributed by atoms with Crippen LogP contribution in [-0.4, -0.2) is 87.7 Å². The van der Waals surface area contributed by atoms with Crippen LogP contribution >= 0.6 is 0 Å². The van der Waals surface area contributed by atoms with Crippen molar-refractivity contribution in [1.82, 2.24) is 31.9 Å². The molecule has 0 saturated heterocycles. The normalized spacial score (nSPS) is 9.81. The number of carbonyl (C=O) groups is 9. The maximum absolute atomic E-state index is 12.4. The topological polar surface area (TPSA) is 410 Å². The molecule has 0 spiro atoms. The summed E-state index contributed by atoms with van der Waals surface area (Å²) in [6.45, 7) is 0. The SMILES string of the molecule is NC(=O)NC(NC(N)=O)C(=O)[O][Al]([O]C(=O)C(NC(N)=O)NC(N)=O)[O]C(=O)C(NC(N)=O)NC(N)=O. The van der Waals surface area contributed by atoms with E-state index in [0.29, 0.717) is 0 Å². The second-order valence-corrected chi connectivity index (χ2v) is 7.23. The van der Waals surface area contributed by atoms with Gasteiger partial charge in [0.2, 0.25) is 18.5 Å². The first-order chi connectivity index (χ1) is 17.0. The first-order valence-electron chi connectivity index (χ1n) is 8.99. The van der Waals surface area contributed by atoms with Gasteiger partial charge in [-0.2, -0.15) is 0 Å². The van der Waals surface area contributed by atoms with Gasteiger partial charge < -0.3 is 77.7 Å². The van der Waals surface area contributed by atoms with Gasteiger partial charge in [-0.25, -0.2) is 28.8 Å². The summed E-state index contributed by atoms with van der Waals surface area (Å²) >= 11 is -4.55. The van der Waals surface area contributed by atoms with E-state index in [-0.39, 0.29) is 0 Å². The predicted molar refractivity (Wildman–Crippen MR) is 112 cm³/mol. The van der Waals surface area contributed by atoms with Gasteiger partial charge in [0.25, 0.3) is 0 Å². The molecule has 0 aliphatic rings. The van der Waals surface area contributed by atoms with Crippen molar-refractivity contribution in [2.24, 2.45) is 34.4 Å². The summed E-state index contributed by atoms with van der Waals surface area (Å²) in [5, 5.41) is 10.0. The van der Waals surface area contributed by atoms with Crippen LogP contribution in [0.25, 0.3) is 0 Å². The minimum absolute atomic E-state index is 1.39. The van der Waals surface area contributed by atoms with E-state index in [0.717, 1.165) is 0 Å². The summed E-state index contributed by atoms with van der Waals surface area (Å²) in [6.07, 6.45) is -6.39. The van der Waals surface area contributed by atoms with Crippen LogP contribution in [-0.2, 0) is 25.7 Å². The summed E-state index contributed by atoms with van der Waals surface area (Å²) < 4.78 is 14.0. The molecular formula is C12H21AlN12O12. The zero-order valence-corrected chi connectivity index (χ0v) is 19.3. The fraction of sp³-hybridized carbons (Fsp3) is 0.250. The molecule has 12 amide bonds. The molecule has 18 N–H and O–H groups in total. The van der Waals surface area contributed by atoms with Gasteiger partial charge >= 0.3 is 69.2 Å². The molecule has 0 aromatic heterocycles. The lowest BCUT2D eigenvalue weighted by molar-refractivity contribution is -0.151. The highest BCUT2D eigenvalue weighted by Crippen LogP contribution is 2.02. The Bertz CT molecular complexity index is 795. The molecule has 0 aromatic carbocycles. The number of amides is 12. The Balaban J connectivity index is 6.05. The van der Waals surface area contributed by atoms with Gasteiger partial charge in [0, 0.05) is 0 Å². The van der Waals surface area contributed by atoms with Gasteiger partial charge in [-0.05, 0) is 0 Å². The Morgan fingerprint density at radius 2 is 0.568 bits per heavy atom. The maximum Gasteiger partial charge on any atom is 1.20 e. The van der Waals surface area contributed by atoms with Crippen molar-refractivity contribution in [2.75, 3.05) is 0 Å². The first kappa shape index (κ1) is 31.6. The Morgan fingerprint density at radius 1 is 0.405 bits per heavy atom. The van der Waals surface area contributed by atoms with Gasteiger partial charge in [0.1, 0.15) is 0 Å². The van der Waals surface area contributed by atoms with E-state index in [4.69, 9.17) is 34.4 Å². The van der Waals surface area contributed by atoms with Crippen LogP contribution in [0.3, 0.4) is 0 Å². The number of rotatable bonds is 12. The lowest BCUT2D eigenvalue weighted by atomic mass is 10.5. The van der Waals surface area contributed by atoms with E-state index in [1.54, 1.807) is 31.9 Å². The van der Waals surface area contributed by atoms with Gasteiger partial charge in [0.05, 0.1) is 0 Å². The number of primary amides is 6. The molecule has 204 valence electrons. The standard InChI is InChI=1S/3C4H8N4O4.Al/c3*5-3(11)7-1(2(9)10)8-4(6)12;/h3*1H,(H,9,10)(H3,5,7,11)(H3,6,8,12);/q;;;+3/p-3. The molecule has 0 heterocycles. The average Bonchev–Trinajstić information content (AvgIpc) is 2.70. The lowest BCUT2D eigenvalue weighted by Crippen LogP contribution is -2.60. The maximum atomic E-state index is 12.4. The third-order valence-corrected chi connectivity index (χ3v) is 4.34. The minimum atomic E-state index is -4.55. The molecular weight excluding hydrogens is 531 g/mol. The number of carbonyl (C=O) groups excluding carboxylic acids is 9. The zero-order chi connectivity index (χ0) is 28.9. The minimum Gasteiger partial charge on any atom is -0.548 e. The van der Waals surface area contributed by atoms with E-state index >= 15 is 0 Å². The number of hydrogen-bond donors (Lipinski definition) is 12. The monoisotopic (exact) mass is 552 g/mol. The van der Waals surface area contributed by atoms with Crippen molar-refractivity contribution >= 4 is 69.2 Å². The van der Waals surface area contributed by atoms with Gasteiger partial charge in [0.15, 0.2) is 0 Å². The van der Waals surface area contributed by atoms with Crippen LogP contribution in [0.15, 0.2) is 0 Å². The molecule has 0 fully saturated rings. The number of nitrogens with two attached hydrogens (primary N) is 6. The molecule has 37 heavy (non-hydrogen) atoms. The average molecular weight is 552 g/mol. The van der Waals surface area contributed by atoms with E-state index in [2.05, 4.69) is 11.4 Å². The summed E-state index contributed by atoms with van der Waals surface area (Å²) in [7, 11) is 0. The van der Waals surface area contributed by atoms with Crippen LogP contribution in [0, 0.1) is 0 Å². The van der Waals surface area contributed by atoms with Crippen molar-refractivity contribution < 1.29 is 54.5 Å². The molecule has 0 saturated carbocycles. The predicted octanol–water partition coefficient (Wildman–Crippen LogP) is -7.41. The Hall–Kier alpha value is -5.44. The Kier molecular flexibility index (Phi) is 12.6. The van der Waals surface area contributed by atoms with Crippen LogP contribution in [0.5, 0.6) is 0 Å². The van der Waals surface area contributed by atoms with Crippen LogP contribution < -0.4 is 66.3 Å². The van der Waals surface area contributed by atoms with Crippen LogP contribution in [0.4, 0.5) is 28.8 Å². The first-order valence-corrected chi connectivity index (χ1v) is 10.4. The van der Waals surface area contributed by atoms with Crippen molar-refractivity contribution in [3.63, 3.8) is 0 Å². The molecule has 0 atom stereocenters. The van der Waals surface area contributed by atoms with Crippen molar-refractivity contribution in [3.8, 4) is 0 Å². The Labute approximate surface area is 209 Å². The highest BCUT2D eigenvalue weighted by Gasteiger charge is 2.52. The summed E-state index contributed by atoms with van der Waals surface area (Å²) in [5.41, 5.74) is 29.1. The van der Waals surface area contributed by atoms with Crippen LogP contribution in [0.2, 0.25) is 0 Å². The van der Waals surface area contributed by atoms with Gasteiger partial charge in [-0.1, -0.05) is 0 Å². The smallest absolute Gasteiger partial charge is 0.548 e. The molecule has 0 aliphatic carbocycles. The third-order valence-electron chi connectivity index (χ3n) is 3.06. The van der Waals surface area contributed by atoms with Crippen molar-refractivity contribution in [1.29, 1.82) is 0 Å². The highest BCUT2D eigenvalue weighted by molar-refractivity contribution is 6.44. The fourth-order valence-electron chi connectivity index (χ4n) is 1.88. The quantitative estimate of drug-likeness (QED) is 0.0793. The van der Waals surface area contributed by atoms with E-state index < -0.39 is 87.7 Å². The molecule has 24 nitrogen and oxygen atoms in total. The zero-order valence-electron chi connectivity index (χ0n) is 18.2. The van der Waals surface area contributed by atoms with E-state index in [1.165, 1.54) is 0 Å². The molecule has 0 unspecified atom stereocenters.